The molecule has 0 bridgehead atoms. The van der Waals surface area contributed by atoms with Gasteiger partial charge in [-0.15, -0.1) is 0 Å². The van der Waals surface area contributed by atoms with Crippen LogP contribution in [0.15, 0.2) is 27.7 Å². The summed E-state index contributed by atoms with van der Waals surface area (Å²) < 4.78 is 19.2. The number of nitrogens with one attached hydrogen (secondary N) is 2. The van der Waals surface area contributed by atoms with Crippen LogP contribution < -0.4 is 10.6 Å². The number of hydrogen-bond acceptors (Lipinski definition) is 3. The van der Waals surface area contributed by atoms with Gasteiger partial charge in [0, 0.05) is 45.9 Å². The van der Waals surface area contributed by atoms with Crippen molar-refractivity contribution in [1.82, 2.24) is 15.5 Å². The third kappa shape index (κ3) is 7.21. The number of ether oxygens (including phenoxy) is 1. The number of methoxy groups -OCH3 is 1. The first-order valence-electron chi connectivity index (χ1n) is 9.32. The second-order valence-corrected chi connectivity index (χ2v) is 7.40. The lowest BCUT2D eigenvalue weighted by molar-refractivity contribution is 0.155. The van der Waals surface area contributed by atoms with Crippen molar-refractivity contribution in [3.8, 4) is 0 Å². The van der Waals surface area contributed by atoms with E-state index >= 15 is 0 Å². The minimum atomic E-state index is -0.253. The molecule has 0 spiro atoms. The van der Waals surface area contributed by atoms with Gasteiger partial charge >= 0.3 is 0 Å². The van der Waals surface area contributed by atoms with E-state index in [0.29, 0.717) is 17.1 Å². The highest BCUT2D eigenvalue weighted by Crippen LogP contribution is 2.17. The number of halogens is 2. The molecule has 2 N–H and O–H groups in total. The van der Waals surface area contributed by atoms with Gasteiger partial charge in [0.05, 0.1) is 11.0 Å². The average molecular weight is 429 g/mol. The average Bonchev–Trinajstić information content (AvgIpc) is 2.64. The smallest absolute Gasteiger partial charge is 0.191 e. The van der Waals surface area contributed by atoms with E-state index in [-0.39, 0.29) is 5.82 Å². The van der Waals surface area contributed by atoms with Crippen molar-refractivity contribution in [3.05, 3.63) is 34.1 Å². The summed E-state index contributed by atoms with van der Waals surface area (Å²) in [7, 11) is 1.75. The van der Waals surface area contributed by atoms with Crippen LogP contribution in [0.3, 0.4) is 0 Å². The molecule has 1 aromatic rings. The summed E-state index contributed by atoms with van der Waals surface area (Å²) in [4.78, 5) is 7.10. The number of likely N-dealkylation sites (tertiary alicyclic amines) is 1. The molecule has 26 heavy (non-hydrogen) atoms. The number of rotatable bonds is 8. The molecule has 0 aliphatic carbocycles. The summed E-state index contributed by atoms with van der Waals surface area (Å²) in [6.45, 7) is 7.42. The Morgan fingerprint density at radius 2 is 2.15 bits per heavy atom. The predicted octanol–water partition coefficient (Wildman–Crippen LogP) is 3.14. The van der Waals surface area contributed by atoms with Gasteiger partial charge in [-0.05, 0) is 59.8 Å². The maximum absolute atomic E-state index is 13.6. The third-order valence-corrected chi connectivity index (χ3v) is 5.14. The lowest BCUT2D eigenvalue weighted by Gasteiger charge is -2.33. The number of aliphatic imine (C=N–C) groups is 1. The van der Waals surface area contributed by atoms with E-state index in [1.807, 2.05) is 6.07 Å². The first-order valence-corrected chi connectivity index (χ1v) is 10.1. The van der Waals surface area contributed by atoms with E-state index in [1.165, 1.54) is 6.07 Å². The third-order valence-electron chi connectivity index (χ3n) is 4.50. The zero-order chi connectivity index (χ0) is 18.8. The Kier molecular flexibility index (Phi) is 9.36. The summed E-state index contributed by atoms with van der Waals surface area (Å²) in [5.41, 5.74) is 0.857. The van der Waals surface area contributed by atoms with Crippen molar-refractivity contribution in [2.75, 3.05) is 39.9 Å². The summed E-state index contributed by atoms with van der Waals surface area (Å²) in [5, 5.41) is 6.81. The van der Waals surface area contributed by atoms with Gasteiger partial charge in [-0.25, -0.2) is 9.38 Å². The minimum absolute atomic E-state index is 0.253. The normalized spacial score (nSPS) is 16.7. The molecule has 2 rings (SSSR count). The predicted molar refractivity (Wildman–Crippen MR) is 108 cm³/mol. The molecule has 1 saturated heterocycles. The van der Waals surface area contributed by atoms with E-state index in [4.69, 9.17) is 4.74 Å². The van der Waals surface area contributed by atoms with Gasteiger partial charge < -0.3 is 20.3 Å². The molecule has 1 aliphatic heterocycles. The number of benzene rings is 1. The highest BCUT2D eigenvalue weighted by molar-refractivity contribution is 9.10. The van der Waals surface area contributed by atoms with Crippen LogP contribution in [-0.2, 0) is 11.3 Å². The van der Waals surface area contributed by atoms with Gasteiger partial charge in [-0.2, -0.15) is 0 Å². The number of piperidine rings is 1. The van der Waals surface area contributed by atoms with E-state index in [1.54, 1.807) is 13.2 Å². The Bertz CT molecular complexity index is 577. The SMILES string of the molecule is CCNC(=NCc1ccc(Br)c(F)c1)NC1CCN(CCCOC)CC1. The van der Waals surface area contributed by atoms with E-state index < -0.39 is 0 Å². The van der Waals surface area contributed by atoms with Crippen LogP contribution >= 0.6 is 15.9 Å². The quantitative estimate of drug-likeness (QED) is 0.379. The van der Waals surface area contributed by atoms with Gasteiger partial charge in [0.1, 0.15) is 5.82 Å². The van der Waals surface area contributed by atoms with Crippen LogP contribution in [0.25, 0.3) is 0 Å². The van der Waals surface area contributed by atoms with Crippen molar-refractivity contribution in [2.45, 2.75) is 38.8 Å². The number of nitrogens with zero attached hydrogens (tertiary/aromatic N) is 2. The molecule has 0 aromatic heterocycles. The molecule has 0 saturated carbocycles. The first kappa shape index (κ1) is 21.1. The van der Waals surface area contributed by atoms with Crippen molar-refractivity contribution in [3.63, 3.8) is 0 Å². The molecule has 1 fully saturated rings. The van der Waals surface area contributed by atoms with Crippen molar-refractivity contribution < 1.29 is 9.13 Å². The summed E-state index contributed by atoms with van der Waals surface area (Å²) in [5.74, 6) is 0.546. The fourth-order valence-electron chi connectivity index (χ4n) is 3.06. The molecule has 0 amide bonds. The van der Waals surface area contributed by atoms with Gasteiger partial charge in [0.25, 0.3) is 0 Å². The summed E-state index contributed by atoms with van der Waals surface area (Å²) in [6.07, 6.45) is 3.29. The molecule has 1 heterocycles. The molecule has 0 radical (unpaired) electrons. The van der Waals surface area contributed by atoms with Gasteiger partial charge in [0.2, 0.25) is 0 Å². The highest BCUT2D eigenvalue weighted by atomic mass is 79.9. The molecule has 146 valence electrons. The van der Waals surface area contributed by atoms with Gasteiger partial charge in [-0.3, -0.25) is 0 Å². The standard InChI is InChI=1S/C19H30BrFN4O/c1-3-22-19(23-14-15-5-6-17(20)18(21)13-15)24-16-7-10-25(11-8-16)9-4-12-26-2/h5-6,13,16H,3-4,7-12,14H2,1-2H3,(H2,22,23,24). The van der Waals surface area contributed by atoms with Gasteiger partial charge in [0.15, 0.2) is 5.96 Å². The Morgan fingerprint density at radius 1 is 1.38 bits per heavy atom. The molecule has 1 aromatic carbocycles. The molecule has 5 nitrogen and oxygen atoms in total. The molecule has 0 atom stereocenters. The summed E-state index contributed by atoms with van der Waals surface area (Å²) in [6, 6.07) is 5.56. The Balaban J connectivity index is 1.83. The maximum atomic E-state index is 13.6. The molecule has 1 aliphatic rings. The van der Waals surface area contributed by atoms with E-state index in [0.717, 1.165) is 63.6 Å². The van der Waals surface area contributed by atoms with Crippen molar-refractivity contribution in [2.24, 2.45) is 4.99 Å². The molecule has 0 unspecified atom stereocenters. The monoisotopic (exact) mass is 428 g/mol. The van der Waals surface area contributed by atoms with Crippen LogP contribution in [0.1, 0.15) is 31.7 Å². The fraction of sp³-hybridized carbons (Fsp3) is 0.632. The van der Waals surface area contributed by atoms with E-state index in [2.05, 4.69) is 43.4 Å². The zero-order valence-electron chi connectivity index (χ0n) is 15.7. The highest BCUT2D eigenvalue weighted by Gasteiger charge is 2.19. The van der Waals surface area contributed by atoms with Crippen LogP contribution in [-0.4, -0.2) is 56.8 Å². The number of guanidine groups is 1. The zero-order valence-corrected chi connectivity index (χ0v) is 17.3. The molecular weight excluding hydrogens is 399 g/mol. The fourth-order valence-corrected chi connectivity index (χ4v) is 3.30. The Morgan fingerprint density at radius 3 is 2.81 bits per heavy atom. The minimum Gasteiger partial charge on any atom is -0.385 e. The molecule has 7 heteroatoms. The van der Waals surface area contributed by atoms with Crippen LogP contribution in [0.2, 0.25) is 0 Å². The van der Waals surface area contributed by atoms with Crippen molar-refractivity contribution in [1.29, 1.82) is 0 Å². The van der Waals surface area contributed by atoms with Crippen LogP contribution in [0.4, 0.5) is 4.39 Å². The first-order chi connectivity index (χ1) is 12.6. The molecular formula is C19H30BrFN4O. The van der Waals surface area contributed by atoms with Crippen LogP contribution in [0.5, 0.6) is 0 Å². The lowest BCUT2D eigenvalue weighted by Crippen LogP contribution is -2.48. The lowest BCUT2D eigenvalue weighted by atomic mass is 10.1. The second-order valence-electron chi connectivity index (χ2n) is 6.55. The Labute approximate surface area is 164 Å². The second kappa shape index (κ2) is 11.5. The summed E-state index contributed by atoms with van der Waals surface area (Å²) >= 11 is 3.18. The topological polar surface area (TPSA) is 48.9 Å². The largest absolute Gasteiger partial charge is 0.385 e. The number of hydrogen-bond donors (Lipinski definition) is 2. The maximum Gasteiger partial charge on any atom is 0.191 e. The van der Waals surface area contributed by atoms with Gasteiger partial charge in [-0.1, -0.05) is 6.07 Å². The van der Waals surface area contributed by atoms with E-state index in [9.17, 15) is 4.39 Å². The van der Waals surface area contributed by atoms with Crippen molar-refractivity contribution >= 4 is 21.9 Å². The van der Waals surface area contributed by atoms with Crippen LogP contribution in [0, 0.1) is 5.82 Å². The Hall–Kier alpha value is -1.18.